The molecule has 2 aromatic rings. The highest BCUT2D eigenvalue weighted by molar-refractivity contribution is 7.85. The molecule has 0 spiro atoms. The van der Waals surface area contributed by atoms with Gasteiger partial charge in [0, 0.05) is 41.9 Å². The maximum atomic E-state index is 13.2. The number of hydrogen-bond acceptors (Lipinski definition) is 6. The van der Waals surface area contributed by atoms with E-state index in [1.807, 2.05) is 38.1 Å². The second-order valence-electron chi connectivity index (χ2n) is 9.71. The minimum Gasteiger partial charge on any atom is -0.480 e. The van der Waals surface area contributed by atoms with Gasteiger partial charge in [-0.1, -0.05) is 38.1 Å². The van der Waals surface area contributed by atoms with Crippen LogP contribution in [0.2, 0.25) is 0 Å². The fraction of sp³-hybridized carbons (Fsp3) is 0.462. The van der Waals surface area contributed by atoms with Gasteiger partial charge in [0.25, 0.3) is 11.8 Å². The van der Waals surface area contributed by atoms with Crippen LogP contribution in [-0.2, 0) is 20.4 Å². The van der Waals surface area contributed by atoms with Crippen molar-refractivity contribution in [2.75, 3.05) is 31.1 Å². The summed E-state index contributed by atoms with van der Waals surface area (Å²) in [6, 6.07) is 8.98. The highest BCUT2D eigenvalue weighted by Crippen LogP contribution is 2.28. The summed E-state index contributed by atoms with van der Waals surface area (Å²) in [5.41, 5.74) is 0.628. The van der Waals surface area contributed by atoms with Crippen molar-refractivity contribution in [1.82, 2.24) is 15.1 Å². The van der Waals surface area contributed by atoms with Crippen molar-refractivity contribution in [1.29, 1.82) is 0 Å². The lowest BCUT2D eigenvalue weighted by Gasteiger charge is -2.32. The summed E-state index contributed by atoms with van der Waals surface area (Å²) in [5, 5.41) is 14.5. The second-order valence-corrected chi connectivity index (χ2v) is 11.4. The molecule has 2 aromatic carbocycles. The van der Waals surface area contributed by atoms with E-state index in [-0.39, 0.29) is 24.8 Å². The van der Waals surface area contributed by atoms with Gasteiger partial charge >= 0.3 is 5.97 Å². The van der Waals surface area contributed by atoms with Gasteiger partial charge in [0.1, 0.15) is 6.04 Å². The number of rotatable bonds is 9. The molecule has 0 aromatic heterocycles. The van der Waals surface area contributed by atoms with Crippen molar-refractivity contribution >= 4 is 45.3 Å². The van der Waals surface area contributed by atoms with Gasteiger partial charge in [-0.25, -0.2) is 0 Å². The first-order chi connectivity index (χ1) is 17.2. The average molecular weight is 514 g/mol. The number of nitrogens with one attached hydrogen (secondary N) is 1. The Hall–Kier alpha value is -3.11. The Morgan fingerprint density at radius 1 is 1.00 bits per heavy atom. The number of imide groups is 1. The molecule has 3 amide bonds. The maximum absolute atomic E-state index is 13.2. The molecular formula is C26H31N3O6S. The number of nitrogens with zero attached hydrogens (tertiary/aromatic N) is 2. The highest BCUT2D eigenvalue weighted by atomic mass is 32.2. The van der Waals surface area contributed by atoms with Crippen molar-refractivity contribution < 1.29 is 28.5 Å². The summed E-state index contributed by atoms with van der Waals surface area (Å²) < 4.78 is 11.7. The minimum atomic E-state index is -1.15. The fourth-order valence-electron chi connectivity index (χ4n) is 4.75. The third-order valence-electron chi connectivity index (χ3n) is 6.67. The monoisotopic (exact) mass is 513 g/mol. The molecule has 0 aliphatic carbocycles. The molecule has 2 aliphatic rings. The topological polar surface area (TPSA) is 124 Å². The van der Waals surface area contributed by atoms with Crippen LogP contribution >= 0.6 is 0 Å². The standard InChI is InChI=1S/C26H31N3O6S/c1-16(2)13-22(25(32)28-9-11-36(35)12-10-28)27-21(26(33)34)7-8-29-23(30)19-14-17-5-3-4-6-18(17)15-20(19)24(29)31/h3-6,14-16,21-22,27H,7-13H2,1-2H3,(H,33,34). The van der Waals surface area contributed by atoms with Gasteiger partial charge in [-0.2, -0.15) is 0 Å². The molecule has 4 rings (SSSR count). The van der Waals surface area contributed by atoms with E-state index in [9.17, 15) is 28.5 Å². The van der Waals surface area contributed by atoms with Crippen LogP contribution in [0.4, 0.5) is 0 Å². The Balaban J connectivity index is 1.46. The summed E-state index contributed by atoms with van der Waals surface area (Å²) in [6.45, 7) is 4.57. The van der Waals surface area contributed by atoms with Gasteiger partial charge in [-0.05, 0) is 41.7 Å². The third kappa shape index (κ3) is 5.49. The molecule has 2 atom stereocenters. The van der Waals surface area contributed by atoms with E-state index in [2.05, 4.69) is 5.32 Å². The zero-order valence-electron chi connectivity index (χ0n) is 20.4. The summed E-state index contributed by atoms with van der Waals surface area (Å²) in [6.07, 6.45) is 0.397. The van der Waals surface area contributed by atoms with Crippen LogP contribution in [0.3, 0.4) is 0 Å². The summed E-state index contributed by atoms with van der Waals surface area (Å²) in [4.78, 5) is 54.0. The van der Waals surface area contributed by atoms with Crippen LogP contribution in [0.25, 0.3) is 10.8 Å². The van der Waals surface area contributed by atoms with Gasteiger partial charge in [0.15, 0.2) is 0 Å². The van der Waals surface area contributed by atoms with Gasteiger partial charge in [-0.15, -0.1) is 0 Å². The van der Waals surface area contributed by atoms with Crippen LogP contribution in [0.5, 0.6) is 0 Å². The molecule has 192 valence electrons. The summed E-state index contributed by atoms with van der Waals surface area (Å²) in [7, 11) is -0.934. The summed E-state index contributed by atoms with van der Waals surface area (Å²) >= 11 is 0. The minimum absolute atomic E-state index is 0.0355. The molecule has 2 aliphatic heterocycles. The smallest absolute Gasteiger partial charge is 0.320 e. The van der Waals surface area contributed by atoms with E-state index < -0.39 is 40.7 Å². The Labute approximate surface area is 212 Å². The number of carbonyl (C=O) groups excluding carboxylic acids is 3. The number of carboxylic acids is 1. The molecule has 2 unspecified atom stereocenters. The highest BCUT2D eigenvalue weighted by Gasteiger charge is 2.37. The van der Waals surface area contributed by atoms with E-state index in [4.69, 9.17) is 0 Å². The molecule has 10 heteroatoms. The first-order valence-corrected chi connectivity index (χ1v) is 13.7. The normalized spacial score (nSPS) is 18.1. The molecule has 36 heavy (non-hydrogen) atoms. The van der Waals surface area contributed by atoms with E-state index in [1.165, 1.54) is 0 Å². The number of carbonyl (C=O) groups is 4. The van der Waals surface area contributed by atoms with Crippen LogP contribution < -0.4 is 5.32 Å². The number of benzene rings is 2. The molecule has 2 N–H and O–H groups in total. The molecule has 0 saturated carbocycles. The van der Waals surface area contributed by atoms with E-state index in [0.29, 0.717) is 42.1 Å². The van der Waals surface area contributed by atoms with Crippen molar-refractivity contribution in [2.24, 2.45) is 5.92 Å². The number of carboxylic acid groups (broad SMARTS) is 1. The SMILES string of the molecule is CC(C)CC(NC(CCN1C(=O)c2cc3ccccc3cc2C1=O)C(=O)O)C(=O)N1CCS(=O)CC1. The lowest BCUT2D eigenvalue weighted by Crippen LogP contribution is -2.55. The molecule has 1 saturated heterocycles. The van der Waals surface area contributed by atoms with Crippen molar-refractivity contribution in [2.45, 2.75) is 38.8 Å². The number of amides is 3. The molecule has 1 fully saturated rings. The number of hydrogen-bond donors (Lipinski definition) is 2. The molecular weight excluding hydrogens is 482 g/mol. The third-order valence-corrected chi connectivity index (χ3v) is 7.95. The van der Waals surface area contributed by atoms with Crippen LogP contribution in [0, 0.1) is 5.92 Å². The van der Waals surface area contributed by atoms with Gasteiger partial charge in [-0.3, -0.25) is 33.6 Å². The molecule has 0 bridgehead atoms. The maximum Gasteiger partial charge on any atom is 0.320 e. The van der Waals surface area contributed by atoms with E-state index in [0.717, 1.165) is 15.7 Å². The fourth-order valence-corrected chi connectivity index (χ4v) is 5.80. The molecule has 9 nitrogen and oxygen atoms in total. The first-order valence-electron chi connectivity index (χ1n) is 12.2. The zero-order valence-corrected chi connectivity index (χ0v) is 21.3. The lowest BCUT2D eigenvalue weighted by molar-refractivity contribution is -0.141. The zero-order chi connectivity index (χ0) is 26.0. The molecule has 0 radical (unpaired) electrons. The summed E-state index contributed by atoms with van der Waals surface area (Å²) in [5.74, 6) is -1.29. The first kappa shape index (κ1) is 26.0. The Morgan fingerprint density at radius 3 is 2.06 bits per heavy atom. The largest absolute Gasteiger partial charge is 0.480 e. The van der Waals surface area contributed by atoms with Crippen molar-refractivity contribution in [3.05, 3.63) is 47.5 Å². The number of aliphatic carboxylic acids is 1. The predicted molar refractivity (Wildman–Crippen MR) is 136 cm³/mol. The van der Waals surface area contributed by atoms with Crippen molar-refractivity contribution in [3.8, 4) is 0 Å². The van der Waals surface area contributed by atoms with Gasteiger partial charge < -0.3 is 10.0 Å². The lowest BCUT2D eigenvalue weighted by atomic mass is 10.0. The van der Waals surface area contributed by atoms with Gasteiger partial charge in [0.05, 0.1) is 17.2 Å². The number of fused-ring (bicyclic) bond motifs is 2. The Bertz CT molecular complexity index is 1160. The van der Waals surface area contributed by atoms with E-state index >= 15 is 0 Å². The van der Waals surface area contributed by atoms with Crippen LogP contribution in [0.15, 0.2) is 36.4 Å². The van der Waals surface area contributed by atoms with Gasteiger partial charge in [0.2, 0.25) is 5.91 Å². The van der Waals surface area contributed by atoms with Crippen molar-refractivity contribution in [3.63, 3.8) is 0 Å². The Morgan fingerprint density at radius 2 is 1.56 bits per heavy atom. The predicted octanol–water partition coefficient (Wildman–Crippen LogP) is 1.87. The average Bonchev–Trinajstić information content (AvgIpc) is 3.08. The van der Waals surface area contributed by atoms with Crippen LogP contribution in [0.1, 0.15) is 47.4 Å². The van der Waals surface area contributed by atoms with Crippen LogP contribution in [-0.4, -0.2) is 86.0 Å². The van der Waals surface area contributed by atoms with E-state index in [1.54, 1.807) is 17.0 Å². The second kappa shape index (κ2) is 10.9. The quantitative estimate of drug-likeness (QED) is 0.491. The molecule has 2 heterocycles. The Kier molecular flexibility index (Phi) is 7.85.